The van der Waals surface area contributed by atoms with Crippen molar-refractivity contribution in [1.82, 2.24) is 15.1 Å². The van der Waals surface area contributed by atoms with Gasteiger partial charge in [-0.15, -0.1) is 0 Å². The predicted octanol–water partition coefficient (Wildman–Crippen LogP) is 3.02. The number of halogens is 1. The van der Waals surface area contributed by atoms with E-state index in [4.69, 9.17) is 11.6 Å². The van der Waals surface area contributed by atoms with Crippen LogP contribution in [0.3, 0.4) is 0 Å². The maximum atomic E-state index is 12.5. The van der Waals surface area contributed by atoms with Gasteiger partial charge in [0.25, 0.3) is 5.91 Å². The van der Waals surface area contributed by atoms with Crippen LogP contribution in [0.5, 0.6) is 0 Å². The van der Waals surface area contributed by atoms with Crippen molar-refractivity contribution in [2.24, 2.45) is 5.92 Å². The van der Waals surface area contributed by atoms with Crippen LogP contribution in [-0.2, 0) is 17.8 Å². The number of amides is 1. The Labute approximate surface area is 146 Å². The number of carbonyl (C=O) groups is 1. The number of rotatable bonds is 4. The second-order valence-corrected chi connectivity index (χ2v) is 7.13. The number of benzene rings is 1. The Bertz CT molecular complexity index is 724. The van der Waals surface area contributed by atoms with Gasteiger partial charge in [-0.1, -0.05) is 37.6 Å². The molecular formula is C18H22ClN3O2. The lowest BCUT2D eigenvalue weighted by molar-refractivity contribution is -0.141. The molecule has 6 heteroatoms. The van der Waals surface area contributed by atoms with E-state index >= 15 is 0 Å². The molecule has 2 N–H and O–H groups in total. The van der Waals surface area contributed by atoms with Gasteiger partial charge in [0, 0.05) is 41.4 Å². The van der Waals surface area contributed by atoms with Crippen LogP contribution in [-0.4, -0.2) is 38.8 Å². The first kappa shape index (κ1) is 17.0. The lowest BCUT2D eigenvalue weighted by Crippen LogP contribution is -2.42. The molecule has 2 aromatic rings. The van der Waals surface area contributed by atoms with Gasteiger partial charge in [0.1, 0.15) is 6.10 Å². The maximum absolute atomic E-state index is 12.5. The molecule has 5 nitrogen and oxygen atoms in total. The molecule has 0 aliphatic carbocycles. The third kappa shape index (κ3) is 3.47. The number of aliphatic hydroxyl groups is 1. The molecule has 1 aliphatic heterocycles. The molecule has 128 valence electrons. The van der Waals surface area contributed by atoms with Crippen molar-refractivity contribution < 1.29 is 9.90 Å². The van der Waals surface area contributed by atoms with Crippen molar-refractivity contribution >= 4 is 17.5 Å². The Morgan fingerprint density at radius 1 is 1.38 bits per heavy atom. The highest BCUT2D eigenvalue weighted by Gasteiger charge is 2.29. The van der Waals surface area contributed by atoms with Crippen molar-refractivity contribution in [3.8, 4) is 11.3 Å². The van der Waals surface area contributed by atoms with Crippen LogP contribution in [0.25, 0.3) is 11.3 Å². The summed E-state index contributed by atoms with van der Waals surface area (Å²) in [6.45, 7) is 5.07. The summed E-state index contributed by atoms with van der Waals surface area (Å²) in [7, 11) is 0. The highest BCUT2D eigenvalue weighted by atomic mass is 35.5. The number of fused-ring (bicyclic) bond motifs is 1. The zero-order valence-corrected chi connectivity index (χ0v) is 14.7. The summed E-state index contributed by atoms with van der Waals surface area (Å²) in [5, 5.41) is 18.3. The first-order valence-electron chi connectivity index (χ1n) is 8.24. The predicted molar refractivity (Wildman–Crippen MR) is 93.6 cm³/mol. The van der Waals surface area contributed by atoms with Crippen LogP contribution in [0, 0.1) is 5.92 Å². The molecule has 1 aromatic carbocycles. The third-order valence-electron chi connectivity index (χ3n) is 4.34. The largest absolute Gasteiger partial charge is 0.383 e. The number of H-pyrrole nitrogens is 1. The molecule has 0 saturated heterocycles. The first-order valence-corrected chi connectivity index (χ1v) is 8.62. The van der Waals surface area contributed by atoms with Crippen LogP contribution >= 0.6 is 11.6 Å². The number of aliphatic hydroxyl groups excluding tert-OH is 1. The normalized spacial score (nSPS) is 15.5. The number of nitrogens with zero attached hydrogens (tertiary/aromatic N) is 2. The van der Waals surface area contributed by atoms with Gasteiger partial charge in [0.2, 0.25) is 0 Å². The number of nitrogens with one attached hydrogen (secondary N) is 1. The summed E-state index contributed by atoms with van der Waals surface area (Å²) < 4.78 is 0. The maximum Gasteiger partial charge on any atom is 0.251 e. The Balaban J connectivity index is 1.81. The lowest BCUT2D eigenvalue weighted by atomic mass is 9.99. The minimum atomic E-state index is -0.933. The standard InChI is InChI=1S/C18H22ClN3O2/c1-11(2)9-16(23)18(24)22-8-7-15-14(10-22)17(21-20-15)12-3-5-13(19)6-4-12/h3-6,11,16,23H,7-10H2,1-2H3,(H,20,21)/t16-/m1/s1. The van der Waals surface area contributed by atoms with Gasteiger partial charge in [-0.3, -0.25) is 9.89 Å². The highest BCUT2D eigenvalue weighted by Crippen LogP contribution is 2.29. The molecule has 1 aromatic heterocycles. The van der Waals surface area contributed by atoms with Crippen LogP contribution in [0.2, 0.25) is 5.02 Å². The Morgan fingerprint density at radius 3 is 2.75 bits per heavy atom. The van der Waals surface area contributed by atoms with Gasteiger partial charge >= 0.3 is 0 Å². The number of hydrogen-bond donors (Lipinski definition) is 2. The minimum absolute atomic E-state index is 0.197. The molecule has 1 aliphatic rings. The van der Waals surface area contributed by atoms with Crippen LogP contribution < -0.4 is 0 Å². The highest BCUT2D eigenvalue weighted by molar-refractivity contribution is 6.30. The molecule has 2 heterocycles. The zero-order valence-electron chi connectivity index (χ0n) is 13.9. The van der Waals surface area contributed by atoms with Crippen molar-refractivity contribution in [3.63, 3.8) is 0 Å². The van der Waals surface area contributed by atoms with E-state index in [1.807, 2.05) is 38.1 Å². The molecule has 0 unspecified atom stereocenters. The SMILES string of the molecule is CC(C)C[C@@H](O)C(=O)N1CCc2[nH]nc(-c3ccc(Cl)cc3)c2C1. The van der Waals surface area contributed by atoms with Gasteiger partial charge in [-0.25, -0.2) is 0 Å². The minimum Gasteiger partial charge on any atom is -0.383 e. The molecule has 0 radical (unpaired) electrons. The Hall–Kier alpha value is -1.85. The van der Waals surface area contributed by atoms with Crippen molar-refractivity contribution in [1.29, 1.82) is 0 Å². The van der Waals surface area contributed by atoms with Gasteiger partial charge < -0.3 is 10.0 Å². The molecule has 0 saturated carbocycles. The molecule has 3 rings (SSSR count). The molecule has 24 heavy (non-hydrogen) atoms. The van der Waals surface area contributed by atoms with E-state index < -0.39 is 6.10 Å². The van der Waals surface area contributed by atoms with E-state index in [1.54, 1.807) is 4.90 Å². The number of aromatic amines is 1. The zero-order chi connectivity index (χ0) is 17.3. The van der Waals surface area contributed by atoms with Crippen molar-refractivity contribution in [2.75, 3.05) is 6.54 Å². The topological polar surface area (TPSA) is 69.2 Å². The van der Waals surface area contributed by atoms with Crippen LogP contribution in [0.1, 0.15) is 31.5 Å². The van der Waals surface area contributed by atoms with E-state index in [0.29, 0.717) is 24.5 Å². The molecular weight excluding hydrogens is 326 g/mol. The van der Waals surface area contributed by atoms with Crippen LogP contribution in [0.15, 0.2) is 24.3 Å². The molecule has 1 atom stereocenters. The quantitative estimate of drug-likeness (QED) is 0.893. The van der Waals surface area contributed by atoms with E-state index in [-0.39, 0.29) is 11.8 Å². The van der Waals surface area contributed by atoms with Gasteiger partial charge in [-0.05, 0) is 24.5 Å². The number of hydrogen-bond acceptors (Lipinski definition) is 3. The van der Waals surface area contributed by atoms with E-state index in [2.05, 4.69) is 10.2 Å². The summed E-state index contributed by atoms with van der Waals surface area (Å²) in [5.74, 6) is 0.0838. The smallest absolute Gasteiger partial charge is 0.251 e. The van der Waals surface area contributed by atoms with Gasteiger partial charge in [0.15, 0.2) is 0 Å². The molecule has 0 fully saturated rings. The Morgan fingerprint density at radius 2 is 2.08 bits per heavy atom. The van der Waals surface area contributed by atoms with E-state index in [9.17, 15) is 9.90 Å². The Kier molecular flexibility index (Phi) is 4.92. The average Bonchev–Trinajstić information content (AvgIpc) is 2.97. The lowest BCUT2D eigenvalue weighted by Gasteiger charge is -2.29. The third-order valence-corrected chi connectivity index (χ3v) is 4.59. The number of carbonyl (C=O) groups excluding carboxylic acids is 1. The van der Waals surface area contributed by atoms with Crippen molar-refractivity contribution in [2.45, 2.75) is 39.3 Å². The number of aromatic nitrogens is 2. The summed E-state index contributed by atoms with van der Waals surface area (Å²) in [6.07, 6.45) is 0.269. The van der Waals surface area contributed by atoms with E-state index in [0.717, 1.165) is 28.9 Å². The summed E-state index contributed by atoms with van der Waals surface area (Å²) in [5.41, 5.74) is 3.89. The fourth-order valence-electron chi connectivity index (χ4n) is 3.09. The van der Waals surface area contributed by atoms with Crippen LogP contribution in [0.4, 0.5) is 0 Å². The summed E-state index contributed by atoms with van der Waals surface area (Å²) >= 11 is 5.95. The summed E-state index contributed by atoms with van der Waals surface area (Å²) in [4.78, 5) is 14.2. The average molecular weight is 348 g/mol. The fourth-order valence-corrected chi connectivity index (χ4v) is 3.21. The fraction of sp³-hybridized carbons (Fsp3) is 0.444. The monoisotopic (exact) mass is 347 g/mol. The van der Waals surface area contributed by atoms with E-state index in [1.165, 1.54) is 0 Å². The summed E-state index contributed by atoms with van der Waals surface area (Å²) in [6, 6.07) is 7.51. The second kappa shape index (κ2) is 6.95. The molecule has 1 amide bonds. The van der Waals surface area contributed by atoms with Gasteiger partial charge in [-0.2, -0.15) is 5.10 Å². The molecule has 0 spiro atoms. The van der Waals surface area contributed by atoms with Gasteiger partial charge in [0.05, 0.1) is 5.69 Å². The first-order chi connectivity index (χ1) is 11.5. The van der Waals surface area contributed by atoms with Crippen molar-refractivity contribution in [3.05, 3.63) is 40.5 Å². The second-order valence-electron chi connectivity index (χ2n) is 6.69. The molecule has 0 bridgehead atoms.